The third-order valence-electron chi connectivity index (χ3n) is 4.63. The molecule has 0 aliphatic rings. The van der Waals surface area contributed by atoms with Gasteiger partial charge in [0.1, 0.15) is 11.5 Å². The zero-order valence-corrected chi connectivity index (χ0v) is 18.8. The van der Waals surface area contributed by atoms with Gasteiger partial charge in [0.15, 0.2) is 0 Å². The predicted octanol–water partition coefficient (Wildman–Crippen LogP) is 8.71. The minimum Gasteiger partial charge on any atom is -0.455 e. The van der Waals surface area contributed by atoms with E-state index in [9.17, 15) is 0 Å². The van der Waals surface area contributed by atoms with Crippen LogP contribution in [-0.4, -0.2) is 0 Å². The molecular formula is C24H17Br2ClO. The molecule has 0 amide bonds. The molecule has 0 spiro atoms. The standard InChI is InChI=1S/C24H17Br2ClO/c25-21(16-7-3-1-4-8-16)15-20-22(26)24(18-11-13-19(27)14-12-18)28-23(20)17-9-5-2-6-10-17/h1-14,21H,15H2. The number of furan rings is 1. The SMILES string of the molecule is Clc1ccc(-c2oc(-c3ccccc3)c(CC(Br)c3ccccc3)c2Br)cc1. The summed E-state index contributed by atoms with van der Waals surface area (Å²) in [6, 6.07) is 28.4. The second-order valence-corrected chi connectivity index (χ2v) is 8.84. The van der Waals surface area contributed by atoms with Crippen LogP contribution in [0.5, 0.6) is 0 Å². The highest BCUT2D eigenvalue weighted by Gasteiger charge is 2.23. The van der Waals surface area contributed by atoms with Crippen LogP contribution in [0, 0.1) is 0 Å². The first kappa shape index (κ1) is 19.5. The van der Waals surface area contributed by atoms with Crippen molar-refractivity contribution in [2.24, 2.45) is 0 Å². The lowest BCUT2D eigenvalue weighted by atomic mass is 10.0. The van der Waals surface area contributed by atoms with Gasteiger partial charge in [0.25, 0.3) is 0 Å². The zero-order chi connectivity index (χ0) is 19.5. The molecule has 1 unspecified atom stereocenters. The maximum Gasteiger partial charge on any atom is 0.149 e. The van der Waals surface area contributed by atoms with Gasteiger partial charge in [0, 0.05) is 26.5 Å². The molecule has 4 heteroatoms. The van der Waals surface area contributed by atoms with Gasteiger partial charge in [0.05, 0.1) is 4.47 Å². The zero-order valence-electron chi connectivity index (χ0n) is 14.9. The lowest BCUT2D eigenvalue weighted by Crippen LogP contribution is -1.96. The maximum absolute atomic E-state index is 6.38. The molecule has 0 saturated heterocycles. The second-order valence-electron chi connectivity index (χ2n) is 6.51. The molecule has 28 heavy (non-hydrogen) atoms. The van der Waals surface area contributed by atoms with Crippen LogP contribution in [0.25, 0.3) is 22.6 Å². The molecule has 1 aromatic heterocycles. The summed E-state index contributed by atoms with van der Waals surface area (Å²) in [5.74, 6) is 1.70. The molecule has 1 nitrogen and oxygen atoms in total. The van der Waals surface area contributed by atoms with Crippen LogP contribution in [0.4, 0.5) is 0 Å². The van der Waals surface area contributed by atoms with Crippen molar-refractivity contribution in [2.45, 2.75) is 11.2 Å². The van der Waals surface area contributed by atoms with Crippen molar-refractivity contribution in [3.05, 3.63) is 106 Å². The first-order valence-corrected chi connectivity index (χ1v) is 11.0. The largest absolute Gasteiger partial charge is 0.455 e. The highest BCUT2D eigenvalue weighted by atomic mass is 79.9. The number of hydrogen-bond donors (Lipinski definition) is 0. The summed E-state index contributed by atoms with van der Waals surface area (Å²) in [4.78, 5) is 0.183. The Labute approximate surface area is 186 Å². The van der Waals surface area contributed by atoms with E-state index in [1.807, 2.05) is 48.5 Å². The molecule has 3 aromatic carbocycles. The highest BCUT2D eigenvalue weighted by Crippen LogP contribution is 2.43. The molecule has 0 aliphatic heterocycles. The monoisotopic (exact) mass is 514 g/mol. The van der Waals surface area contributed by atoms with Crippen LogP contribution in [0.3, 0.4) is 0 Å². The highest BCUT2D eigenvalue weighted by molar-refractivity contribution is 9.10. The minimum absolute atomic E-state index is 0.183. The van der Waals surface area contributed by atoms with E-state index in [0.717, 1.165) is 39.1 Å². The van der Waals surface area contributed by atoms with Crippen molar-refractivity contribution in [1.29, 1.82) is 0 Å². The van der Waals surface area contributed by atoms with Crippen LogP contribution in [0.1, 0.15) is 16.0 Å². The van der Waals surface area contributed by atoms with E-state index >= 15 is 0 Å². The van der Waals surface area contributed by atoms with E-state index in [-0.39, 0.29) is 4.83 Å². The quantitative estimate of drug-likeness (QED) is 0.242. The molecule has 4 aromatic rings. The van der Waals surface area contributed by atoms with Gasteiger partial charge < -0.3 is 4.42 Å². The van der Waals surface area contributed by atoms with E-state index in [4.69, 9.17) is 16.0 Å². The number of halogens is 3. The topological polar surface area (TPSA) is 13.1 Å². The molecule has 0 bridgehead atoms. The van der Waals surface area contributed by atoms with E-state index in [0.29, 0.717) is 5.02 Å². The molecule has 0 saturated carbocycles. The molecular weight excluding hydrogens is 500 g/mol. The number of hydrogen-bond acceptors (Lipinski definition) is 1. The second kappa shape index (κ2) is 8.69. The molecule has 0 N–H and O–H groups in total. The summed E-state index contributed by atoms with van der Waals surface area (Å²) in [6.45, 7) is 0. The summed E-state index contributed by atoms with van der Waals surface area (Å²) in [5.41, 5.74) is 4.43. The van der Waals surface area contributed by atoms with Gasteiger partial charge in [-0.2, -0.15) is 0 Å². The average Bonchev–Trinajstić information content (AvgIpc) is 3.06. The van der Waals surface area contributed by atoms with Crippen molar-refractivity contribution in [2.75, 3.05) is 0 Å². The third kappa shape index (κ3) is 4.12. The van der Waals surface area contributed by atoms with Gasteiger partial charge in [-0.25, -0.2) is 0 Å². The number of rotatable bonds is 5. The van der Waals surface area contributed by atoms with Crippen molar-refractivity contribution >= 4 is 43.5 Å². The van der Waals surface area contributed by atoms with Crippen molar-refractivity contribution in [3.63, 3.8) is 0 Å². The number of benzene rings is 3. The first-order valence-electron chi connectivity index (χ1n) is 8.95. The van der Waals surface area contributed by atoms with E-state index in [1.54, 1.807) is 0 Å². The minimum atomic E-state index is 0.183. The Bertz CT molecular complexity index is 1060. The van der Waals surface area contributed by atoms with E-state index < -0.39 is 0 Å². The lowest BCUT2D eigenvalue weighted by Gasteiger charge is -2.11. The Morgan fingerprint density at radius 2 is 1.32 bits per heavy atom. The average molecular weight is 517 g/mol. The van der Waals surface area contributed by atoms with E-state index in [2.05, 4.69) is 68.3 Å². The summed E-state index contributed by atoms with van der Waals surface area (Å²) in [6.07, 6.45) is 0.798. The van der Waals surface area contributed by atoms with Crippen molar-refractivity contribution in [1.82, 2.24) is 0 Å². The lowest BCUT2D eigenvalue weighted by molar-refractivity contribution is 0.593. The Morgan fingerprint density at radius 1 is 0.750 bits per heavy atom. The summed E-state index contributed by atoms with van der Waals surface area (Å²) < 4.78 is 7.36. The van der Waals surface area contributed by atoms with Crippen LogP contribution in [0.2, 0.25) is 5.02 Å². The van der Waals surface area contributed by atoms with Gasteiger partial charge in [-0.05, 0) is 52.2 Å². The fraction of sp³-hybridized carbons (Fsp3) is 0.0833. The Hall–Kier alpha value is -1.81. The summed E-state index contributed by atoms with van der Waals surface area (Å²) >= 11 is 13.7. The van der Waals surface area contributed by atoms with Crippen LogP contribution >= 0.6 is 43.5 Å². The third-order valence-corrected chi connectivity index (χ3v) is 6.57. The molecule has 140 valence electrons. The fourth-order valence-corrected chi connectivity index (χ4v) is 4.60. The maximum atomic E-state index is 6.38. The molecule has 4 rings (SSSR count). The Kier molecular flexibility index (Phi) is 6.05. The van der Waals surface area contributed by atoms with Gasteiger partial charge in [-0.15, -0.1) is 0 Å². The van der Waals surface area contributed by atoms with Gasteiger partial charge in [-0.1, -0.05) is 88.2 Å². The van der Waals surface area contributed by atoms with Crippen LogP contribution in [-0.2, 0) is 6.42 Å². The van der Waals surface area contributed by atoms with Gasteiger partial charge in [-0.3, -0.25) is 0 Å². The summed E-state index contributed by atoms with van der Waals surface area (Å²) in [5, 5.41) is 0.708. The fourth-order valence-electron chi connectivity index (χ4n) is 3.20. The van der Waals surface area contributed by atoms with Gasteiger partial charge >= 0.3 is 0 Å². The first-order chi connectivity index (χ1) is 13.6. The van der Waals surface area contributed by atoms with Crippen LogP contribution < -0.4 is 0 Å². The van der Waals surface area contributed by atoms with Crippen molar-refractivity contribution in [3.8, 4) is 22.6 Å². The molecule has 1 atom stereocenters. The predicted molar refractivity (Wildman–Crippen MR) is 124 cm³/mol. The molecule has 1 heterocycles. The number of alkyl halides is 1. The summed E-state index contributed by atoms with van der Waals surface area (Å²) in [7, 11) is 0. The Balaban J connectivity index is 1.80. The van der Waals surface area contributed by atoms with E-state index in [1.165, 1.54) is 5.56 Å². The molecule has 0 fully saturated rings. The molecule has 0 aliphatic carbocycles. The normalized spacial score (nSPS) is 12.1. The molecule has 0 radical (unpaired) electrons. The van der Waals surface area contributed by atoms with Crippen LogP contribution in [0.15, 0.2) is 93.8 Å². The Morgan fingerprint density at radius 3 is 1.96 bits per heavy atom. The van der Waals surface area contributed by atoms with Crippen molar-refractivity contribution < 1.29 is 4.42 Å². The smallest absolute Gasteiger partial charge is 0.149 e. The van der Waals surface area contributed by atoms with Gasteiger partial charge in [0.2, 0.25) is 0 Å².